The number of aryl methyl sites for hydroxylation is 2. The van der Waals surface area contributed by atoms with E-state index in [4.69, 9.17) is 9.29 Å². The number of para-hydroxylation sites is 1. The van der Waals surface area contributed by atoms with E-state index < -0.39 is 28.0 Å². The molecule has 1 unspecified atom stereocenters. The fourth-order valence-corrected chi connectivity index (χ4v) is 8.66. The fraction of sp³-hybridized carbons (Fsp3) is 0.425. The number of rotatable bonds is 21. The van der Waals surface area contributed by atoms with Crippen LogP contribution in [0.25, 0.3) is 10.2 Å². The second-order valence-electron chi connectivity index (χ2n) is 15.0. The molecule has 4 N–H and O–H groups in total. The number of aliphatic hydroxyl groups excluding tert-OH is 1. The van der Waals surface area contributed by atoms with E-state index in [2.05, 4.69) is 37.3 Å². The van der Waals surface area contributed by atoms with Gasteiger partial charge in [0.05, 0.1) is 49.8 Å². The van der Waals surface area contributed by atoms with Crippen LogP contribution in [0.3, 0.4) is 0 Å². The molecule has 19 heteroatoms. The first-order valence-electron chi connectivity index (χ1n) is 18.9. The van der Waals surface area contributed by atoms with Gasteiger partial charge in [-0.25, -0.2) is 19.2 Å². The molecule has 0 fully saturated rings. The van der Waals surface area contributed by atoms with Gasteiger partial charge in [-0.2, -0.15) is 8.42 Å². The van der Waals surface area contributed by atoms with Crippen LogP contribution in [0.2, 0.25) is 0 Å². The van der Waals surface area contributed by atoms with E-state index in [1.807, 2.05) is 70.3 Å². The first-order valence-corrected chi connectivity index (χ1v) is 22.2. The number of aromatic nitrogens is 4. The molecule has 3 aromatic heterocycles. The third-order valence-electron chi connectivity index (χ3n) is 9.04. The molecule has 1 atom stereocenters. The van der Waals surface area contributed by atoms with E-state index in [0.29, 0.717) is 88.7 Å². The van der Waals surface area contributed by atoms with Crippen molar-refractivity contribution >= 4 is 70.9 Å². The number of anilines is 4. The van der Waals surface area contributed by atoms with Gasteiger partial charge in [-0.1, -0.05) is 35.3 Å². The van der Waals surface area contributed by atoms with Gasteiger partial charge in [0.25, 0.3) is 10.1 Å². The summed E-state index contributed by atoms with van der Waals surface area (Å²) < 4.78 is 53.4. The number of ether oxygens (including phenoxy) is 1. The van der Waals surface area contributed by atoms with Crippen LogP contribution in [-0.2, 0) is 16.5 Å². The van der Waals surface area contributed by atoms with Crippen molar-refractivity contribution in [1.29, 1.82) is 0 Å². The lowest BCUT2D eigenvalue weighted by atomic mass is 10.1. The fourth-order valence-electron chi connectivity index (χ4n) is 6.18. The molecule has 59 heavy (non-hydrogen) atoms. The minimum Gasteiger partial charge on any atom is -0.491 e. The molecule has 15 nitrogen and oxygen atoms in total. The van der Waals surface area contributed by atoms with Crippen LogP contribution in [0.4, 0.5) is 26.3 Å². The third-order valence-corrected chi connectivity index (χ3v) is 11.9. The number of aromatic carboxylic acids is 1. The highest BCUT2D eigenvalue weighted by molar-refractivity contribution is 7.85. The summed E-state index contributed by atoms with van der Waals surface area (Å²) >= 11 is 2.69. The Kier molecular flexibility index (Phi) is 15.7. The van der Waals surface area contributed by atoms with E-state index in [9.17, 15) is 27.8 Å². The predicted molar refractivity (Wildman–Crippen MR) is 230 cm³/mol. The van der Waals surface area contributed by atoms with Crippen LogP contribution in [0.1, 0.15) is 52.2 Å². The Morgan fingerprint density at radius 3 is 2.54 bits per heavy atom. The first kappa shape index (κ1) is 45.3. The van der Waals surface area contributed by atoms with Gasteiger partial charge >= 0.3 is 5.97 Å². The summed E-state index contributed by atoms with van der Waals surface area (Å²) in [5.41, 5.74) is 2.05. The summed E-state index contributed by atoms with van der Waals surface area (Å²) in [5, 5.41) is 34.4. The van der Waals surface area contributed by atoms with Gasteiger partial charge in [0, 0.05) is 23.4 Å². The Bertz CT molecular complexity index is 2360. The number of carboxylic acid groups (broad SMARTS) is 1. The Morgan fingerprint density at radius 1 is 1.07 bits per heavy atom. The van der Waals surface area contributed by atoms with Crippen molar-refractivity contribution in [2.75, 3.05) is 76.9 Å². The van der Waals surface area contributed by atoms with E-state index in [0.717, 1.165) is 15.8 Å². The molecule has 0 spiro atoms. The van der Waals surface area contributed by atoms with Crippen LogP contribution < -0.4 is 15.0 Å². The second-order valence-corrected chi connectivity index (χ2v) is 18.7. The molecule has 0 aliphatic rings. The Morgan fingerprint density at radius 2 is 1.85 bits per heavy atom. The van der Waals surface area contributed by atoms with Crippen molar-refractivity contribution in [3.8, 4) is 17.6 Å². The number of halogens is 1. The summed E-state index contributed by atoms with van der Waals surface area (Å²) in [6.07, 6.45) is 1.06. The maximum atomic E-state index is 14.8. The molecule has 2 aromatic carbocycles. The van der Waals surface area contributed by atoms with Crippen molar-refractivity contribution in [2.24, 2.45) is 0 Å². The monoisotopic (exact) mass is 869 g/mol. The minimum absolute atomic E-state index is 0.0790. The highest BCUT2D eigenvalue weighted by Gasteiger charge is 2.25. The number of carbonyl (C=O) groups is 1. The van der Waals surface area contributed by atoms with Crippen molar-refractivity contribution in [3.63, 3.8) is 0 Å². The molecular formula is C40H50FN8O7S3+. The number of aliphatic hydroxyl groups is 1. The zero-order valence-electron chi connectivity index (χ0n) is 33.7. The Hall–Kier alpha value is -4.81. The van der Waals surface area contributed by atoms with Crippen molar-refractivity contribution in [3.05, 3.63) is 76.0 Å². The van der Waals surface area contributed by atoms with Gasteiger partial charge in [0.2, 0.25) is 0 Å². The number of nitrogens with zero attached hydrogens (tertiary/aromatic N) is 7. The number of hydrogen-bond acceptors (Lipinski definition) is 14. The molecule has 0 amide bonds. The summed E-state index contributed by atoms with van der Waals surface area (Å²) in [4.78, 5) is 25.8. The number of hydrogen-bond donors (Lipinski definition) is 4. The summed E-state index contributed by atoms with van der Waals surface area (Å²) in [6, 6.07) is 14.2. The lowest BCUT2D eigenvalue weighted by Crippen LogP contribution is -2.46. The van der Waals surface area contributed by atoms with Crippen LogP contribution in [0.5, 0.6) is 5.75 Å². The topological polar surface area (TPSA) is 191 Å². The van der Waals surface area contributed by atoms with Gasteiger partial charge in [0.1, 0.15) is 12.6 Å². The zero-order chi connectivity index (χ0) is 42.7. The summed E-state index contributed by atoms with van der Waals surface area (Å²) in [7, 11) is 3.49. The van der Waals surface area contributed by atoms with Crippen LogP contribution in [0, 0.1) is 24.6 Å². The largest absolute Gasteiger partial charge is 0.491 e. The molecule has 0 saturated heterocycles. The van der Waals surface area contributed by atoms with Crippen LogP contribution in [-0.4, -0.2) is 132 Å². The van der Waals surface area contributed by atoms with E-state index in [1.165, 1.54) is 34.8 Å². The number of nitrogens with one attached hydrogen (secondary N) is 1. The normalized spacial score (nSPS) is 12.4. The number of fused-ring (bicyclic) bond motifs is 1. The quantitative estimate of drug-likeness (QED) is 0.0291. The summed E-state index contributed by atoms with van der Waals surface area (Å²) in [5.74, 6) is 4.83. The highest BCUT2D eigenvalue weighted by Crippen LogP contribution is 2.34. The average molecular weight is 870 g/mol. The van der Waals surface area contributed by atoms with E-state index >= 15 is 0 Å². The Labute approximate surface area is 351 Å². The molecule has 3 heterocycles. The predicted octanol–water partition coefficient (Wildman–Crippen LogP) is 5.99. The summed E-state index contributed by atoms with van der Waals surface area (Å²) in [6.45, 7) is 3.66. The average Bonchev–Trinajstić information content (AvgIpc) is 3.76. The lowest BCUT2D eigenvalue weighted by molar-refractivity contribution is -0.893. The van der Waals surface area contributed by atoms with Gasteiger partial charge in [-0.15, -0.1) is 21.5 Å². The number of carboxylic acids is 1. The molecule has 0 bridgehead atoms. The number of likely N-dealkylation sites (N-methyl/N-ethyl adjacent to an activating group) is 1. The SMILES string of the molecule is Cc1cc(N(CCCC(O)C[N+](C)(C)CCCS(=O)(=O)O)c2nc(C(=O)O)c(CCCOc3ccc(C#CCN(C)C)cc3F)s2)nnc1Nc1nc2ccccc2s1. The van der Waals surface area contributed by atoms with Crippen molar-refractivity contribution in [2.45, 2.75) is 45.1 Å². The van der Waals surface area contributed by atoms with Crippen molar-refractivity contribution < 1.29 is 41.6 Å². The molecule has 5 rings (SSSR count). The van der Waals surface area contributed by atoms with Gasteiger partial charge in [-0.05, 0) is 88.7 Å². The smallest absolute Gasteiger partial charge is 0.355 e. The zero-order valence-corrected chi connectivity index (χ0v) is 36.1. The highest BCUT2D eigenvalue weighted by atomic mass is 32.2. The maximum absolute atomic E-state index is 14.8. The number of thiazole rings is 2. The minimum atomic E-state index is -4.07. The number of quaternary nitrogens is 1. The standard InChI is InChI=1S/C40H49FN8O7S3/c1-27-24-35(45-46-37(27)44-39-42-31-14-6-7-15-33(31)57-39)48(20-9-13-29(50)26-49(4,5)21-11-23-59(53,54)55)40-43-36(38(51)52)34(58-40)16-10-22-56-32-18-17-28(25-30(32)41)12-8-19-47(2)3/h6-7,14-15,17-18,24-25,29,50H,9-11,13,16,19-23,26H2,1-5H3,(H2-,42,44,46,51,52,53,54,55)/p+1. The van der Waals surface area contributed by atoms with Gasteiger partial charge in [-0.3, -0.25) is 9.45 Å². The van der Waals surface area contributed by atoms with E-state index in [-0.39, 0.29) is 30.2 Å². The molecular weight excluding hydrogens is 820 g/mol. The number of benzene rings is 2. The molecule has 316 valence electrons. The van der Waals surface area contributed by atoms with Gasteiger partial charge in [0.15, 0.2) is 39.2 Å². The maximum Gasteiger partial charge on any atom is 0.355 e. The lowest BCUT2D eigenvalue weighted by Gasteiger charge is -2.32. The Balaban J connectivity index is 1.30. The van der Waals surface area contributed by atoms with Crippen LogP contribution >= 0.6 is 22.7 Å². The molecule has 0 aliphatic carbocycles. The third kappa shape index (κ3) is 13.9. The molecule has 0 radical (unpaired) electrons. The van der Waals surface area contributed by atoms with E-state index in [1.54, 1.807) is 11.0 Å². The molecule has 0 saturated carbocycles. The first-order chi connectivity index (χ1) is 28.0. The van der Waals surface area contributed by atoms with Gasteiger partial charge < -0.3 is 29.6 Å². The molecule has 5 aromatic rings. The second kappa shape index (κ2) is 20.4. The molecule has 0 aliphatic heterocycles. The van der Waals surface area contributed by atoms with Crippen molar-refractivity contribution in [1.82, 2.24) is 25.1 Å². The van der Waals surface area contributed by atoms with Crippen LogP contribution in [0.15, 0.2) is 48.5 Å².